The highest BCUT2D eigenvalue weighted by molar-refractivity contribution is 5.87. The number of fused-ring (bicyclic) bond motifs is 9. The predicted octanol–water partition coefficient (Wildman–Crippen LogP) is 14.0. The lowest BCUT2D eigenvalue weighted by molar-refractivity contribution is 0.130. The Morgan fingerprint density at radius 1 is 0.333 bits per heavy atom. The summed E-state index contributed by atoms with van der Waals surface area (Å²) in [5.74, 6) is 0. The van der Waals surface area contributed by atoms with E-state index in [0.717, 1.165) is 81.3 Å². The molecule has 2 heteroatoms. The number of aliphatic hydroxyl groups is 2. The highest BCUT2D eigenvalue weighted by atomic mass is 16.3. The van der Waals surface area contributed by atoms with E-state index in [2.05, 4.69) is 147 Å². The van der Waals surface area contributed by atoms with Crippen LogP contribution in [0.15, 0.2) is 133 Å². The van der Waals surface area contributed by atoms with Crippen LogP contribution in [0.4, 0.5) is 0 Å². The van der Waals surface area contributed by atoms with Crippen molar-refractivity contribution < 1.29 is 10.2 Å². The van der Waals surface area contributed by atoms with Crippen LogP contribution in [0.1, 0.15) is 148 Å². The SMILES string of the molecule is CCCCCCCCC1(CCCCCCCC)c2cc(C3(O)c4ccccc4-c4ccccc43)ccc2-c2ccc(C3(O)c4ccccc4-c4ccccc43)cc21. The predicted molar refractivity (Wildman–Crippen MR) is 237 cm³/mol. The topological polar surface area (TPSA) is 40.5 Å². The van der Waals surface area contributed by atoms with Gasteiger partial charge in [0.15, 0.2) is 0 Å². The average molecular weight is 751 g/mol. The van der Waals surface area contributed by atoms with E-state index in [0.29, 0.717) is 0 Å². The van der Waals surface area contributed by atoms with Crippen molar-refractivity contribution in [2.45, 2.75) is 120 Å². The smallest absolute Gasteiger partial charge is 0.141 e. The minimum atomic E-state index is -1.25. The number of benzene rings is 6. The van der Waals surface area contributed by atoms with Gasteiger partial charge in [0.2, 0.25) is 0 Å². The fraction of sp³-hybridized carbons (Fsp3) is 0.345. The van der Waals surface area contributed by atoms with Crippen molar-refractivity contribution in [1.82, 2.24) is 0 Å². The molecule has 0 bridgehead atoms. The highest BCUT2D eigenvalue weighted by Gasteiger charge is 2.49. The fourth-order valence-electron chi connectivity index (χ4n) is 11.1. The van der Waals surface area contributed by atoms with E-state index in [1.165, 1.54) is 86.5 Å². The van der Waals surface area contributed by atoms with Gasteiger partial charge in [-0.2, -0.15) is 0 Å². The zero-order chi connectivity index (χ0) is 39.0. The molecular formula is C55H58O2. The Hall–Kier alpha value is -4.76. The lowest BCUT2D eigenvalue weighted by Crippen LogP contribution is -2.30. The van der Waals surface area contributed by atoms with Crippen LogP contribution < -0.4 is 0 Å². The van der Waals surface area contributed by atoms with Crippen LogP contribution in [0.5, 0.6) is 0 Å². The summed E-state index contributed by atoms with van der Waals surface area (Å²) in [6, 6.07) is 47.4. The van der Waals surface area contributed by atoms with Gasteiger partial charge in [0.05, 0.1) is 0 Å². The van der Waals surface area contributed by atoms with Gasteiger partial charge in [0, 0.05) is 27.7 Å². The van der Waals surface area contributed by atoms with Crippen molar-refractivity contribution in [2.75, 3.05) is 0 Å². The Morgan fingerprint density at radius 2 is 0.632 bits per heavy atom. The van der Waals surface area contributed by atoms with Crippen molar-refractivity contribution in [1.29, 1.82) is 0 Å². The molecule has 0 amide bonds. The van der Waals surface area contributed by atoms with Crippen LogP contribution in [0, 0.1) is 0 Å². The first-order valence-corrected chi connectivity index (χ1v) is 22.1. The van der Waals surface area contributed by atoms with E-state index in [-0.39, 0.29) is 5.41 Å². The summed E-state index contributed by atoms with van der Waals surface area (Å²) in [5, 5.41) is 26.3. The molecule has 3 aliphatic carbocycles. The molecule has 6 aromatic rings. The molecule has 0 saturated heterocycles. The molecule has 0 spiro atoms. The van der Waals surface area contributed by atoms with Gasteiger partial charge in [-0.15, -0.1) is 0 Å². The molecule has 6 aromatic carbocycles. The third kappa shape index (κ3) is 6.06. The molecule has 290 valence electrons. The Balaban J connectivity index is 1.21. The minimum Gasteiger partial charge on any atom is -0.376 e. The second-order valence-electron chi connectivity index (χ2n) is 17.2. The summed E-state index contributed by atoms with van der Waals surface area (Å²) in [5.41, 5.74) is 12.7. The fourth-order valence-corrected chi connectivity index (χ4v) is 11.1. The maximum atomic E-state index is 13.2. The van der Waals surface area contributed by atoms with E-state index in [1.807, 2.05) is 0 Å². The van der Waals surface area contributed by atoms with Gasteiger partial charge >= 0.3 is 0 Å². The van der Waals surface area contributed by atoms with E-state index in [1.54, 1.807) is 0 Å². The summed E-state index contributed by atoms with van der Waals surface area (Å²) in [7, 11) is 0. The standard InChI is InChI=1S/C55H58O2/c1-3-5-7-9-11-21-35-53(36-22-12-10-8-6-4-2)51-37-39(54(56)47-27-17-13-23-41(47)42-24-14-18-28-48(42)54)31-33-45(51)46-34-32-40(38-52(46)53)55(57)49-29-19-15-25-43(49)44-26-16-20-30-50(44)55/h13-20,23-34,37-38,56-57H,3-12,21-22,35-36H2,1-2H3. The van der Waals surface area contributed by atoms with E-state index in [4.69, 9.17) is 0 Å². The molecule has 57 heavy (non-hydrogen) atoms. The van der Waals surface area contributed by atoms with Crippen molar-refractivity contribution in [2.24, 2.45) is 0 Å². The van der Waals surface area contributed by atoms with Crippen molar-refractivity contribution >= 4 is 0 Å². The van der Waals surface area contributed by atoms with E-state index in [9.17, 15) is 10.2 Å². The summed E-state index contributed by atoms with van der Waals surface area (Å²) >= 11 is 0. The Bertz CT molecular complexity index is 2140. The third-order valence-electron chi connectivity index (χ3n) is 14.0. The summed E-state index contributed by atoms with van der Waals surface area (Å²) in [4.78, 5) is 0. The number of hydrogen-bond donors (Lipinski definition) is 2. The molecule has 3 aliphatic rings. The number of unbranched alkanes of at least 4 members (excludes halogenated alkanes) is 10. The zero-order valence-corrected chi connectivity index (χ0v) is 34.0. The molecule has 0 saturated carbocycles. The first kappa shape index (κ1) is 37.8. The van der Waals surface area contributed by atoms with E-state index >= 15 is 0 Å². The molecular weight excluding hydrogens is 693 g/mol. The highest BCUT2D eigenvalue weighted by Crippen LogP contribution is 2.59. The van der Waals surface area contributed by atoms with Crippen molar-refractivity contribution in [3.63, 3.8) is 0 Å². The molecule has 2 N–H and O–H groups in total. The molecule has 2 nitrogen and oxygen atoms in total. The van der Waals surface area contributed by atoms with Gasteiger partial charge in [0.1, 0.15) is 11.2 Å². The number of rotatable bonds is 16. The minimum absolute atomic E-state index is 0.242. The van der Waals surface area contributed by atoms with Gasteiger partial charge in [0.25, 0.3) is 0 Å². The third-order valence-corrected chi connectivity index (χ3v) is 14.0. The van der Waals surface area contributed by atoms with E-state index < -0.39 is 11.2 Å². The lowest BCUT2D eigenvalue weighted by Gasteiger charge is -2.35. The van der Waals surface area contributed by atoms with Crippen LogP contribution in [0.2, 0.25) is 0 Å². The summed E-state index contributed by atoms with van der Waals surface area (Å²) < 4.78 is 0. The first-order valence-electron chi connectivity index (χ1n) is 22.1. The first-order chi connectivity index (χ1) is 28.0. The van der Waals surface area contributed by atoms with Crippen molar-refractivity contribution in [3.05, 3.63) is 178 Å². The molecule has 0 heterocycles. The maximum Gasteiger partial charge on any atom is 0.141 e. The summed E-state index contributed by atoms with van der Waals surface area (Å²) in [6.07, 6.45) is 17.1. The van der Waals surface area contributed by atoms with Crippen LogP contribution in [-0.4, -0.2) is 10.2 Å². The maximum absolute atomic E-state index is 13.2. The quantitative estimate of drug-likeness (QED) is 0.0967. The number of hydrogen-bond acceptors (Lipinski definition) is 2. The molecule has 0 fully saturated rings. The molecule has 9 rings (SSSR count). The van der Waals surface area contributed by atoms with Gasteiger partial charge in [-0.25, -0.2) is 0 Å². The van der Waals surface area contributed by atoms with Gasteiger partial charge in [-0.3, -0.25) is 0 Å². The molecule has 0 unspecified atom stereocenters. The molecule has 0 radical (unpaired) electrons. The molecule has 0 aliphatic heterocycles. The van der Waals surface area contributed by atoms with Crippen LogP contribution in [-0.2, 0) is 16.6 Å². The van der Waals surface area contributed by atoms with Gasteiger partial charge in [-0.05, 0) is 68.5 Å². The Labute approximate surface area is 340 Å². The largest absolute Gasteiger partial charge is 0.376 e. The Morgan fingerprint density at radius 3 is 0.982 bits per heavy atom. The Kier molecular flexibility index (Phi) is 10.3. The zero-order valence-electron chi connectivity index (χ0n) is 34.0. The van der Waals surface area contributed by atoms with Crippen molar-refractivity contribution in [3.8, 4) is 33.4 Å². The second kappa shape index (κ2) is 15.5. The van der Waals surface area contributed by atoms with Crippen LogP contribution in [0.25, 0.3) is 33.4 Å². The van der Waals surface area contributed by atoms with Crippen LogP contribution >= 0.6 is 0 Å². The van der Waals surface area contributed by atoms with Gasteiger partial charge < -0.3 is 10.2 Å². The monoisotopic (exact) mass is 750 g/mol. The molecule has 0 atom stereocenters. The second-order valence-corrected chi connectivity index (χ2v) is 17.2. The lowest BCUT2D eigenvalue weighted by atomic mass is 9.69. The van der Waals surface area contributed by atoms with Gasteiger partial charge in [-0.1, -0.05) is 224 Å². The average Bonchev–Trinajstić information content (AvgIpc) is 3.80. The molecule has 0 aromatic heterocycles. The van der Waals surface area contributed by atoms with Crippen LogP contribution in [0.3, 0.4) is 0 Å². The summed E-state index contributed by atoms with van der Waals surface area (Å²) in [6.45, 7) is 4.59. The normalized spacial score (nSPS) is 15.7.